The smallest absolute Gasteiger partial charge is 0.317 e. The predicted octanol–water partition coefficient (Wildman–Crippen LogP) is 2.50. The maximum absolute atomic E-state index is 12.1. The molecule has 1 saturated heterocycles. The highest BCUT2D eigenvalue weighted by molar-refractivity contribution is 5.74. The number of benzene rings is 1. The molecule has 20 heavy (non-hydrogen) atoms. The number of hydrogen-bond acceptors (Lipinski definition) is 3. The van der Waals surface area contributed by atoms with Gasteiger partial charge in [0.15, 0.2) is 11.5 Å². The maximum atomic E-state index is 12.1. The average molecular weight is 276 g/mol. The van der Waals surface area contributed by atoms with Crippen molar-refractivity contribution in [1.82, 2.24) is 10.2 Å². The van der Waals surface area contributed by atoms with Crippen LogP contribution in [0, 0.1) is 0 Å². The van der Waals surface area contributed by atoms with Crippen molar-refractivity contribution in [2.45, 2.75) is 32.2 Å². The van der Waals surface area contributed by atoms with Gasteiger partial charge in [0.25, 0.3) is 0 Å². The molecule has 0 atom stereocenters. The van der Waals surface area contributed by atoms with Gasteiger partial charge < -0.3 is 19.7 Å². The third-order valence-electron chi connectivity index (χ3n) is 3.77. The minimum Gasteiger partial charge on any atom is -0.454 e. The Kier molecular flexibility index (Phi) is 3.95. The van der Waals surface area contributed by atoms with E-state index in [-0.39, 0.29) is 12.8 Å². The number of ether oxygens (including phenoxy) is 2. The van der Waals surface area contributed by atoms with Gasteiger partial charge >= 0.3 is 6.03 Å². The third kappa shape index (κ3) is 2.98. The molecule has 0 bridgehead atoms. The number of fused-ring (bicyclic) bond motifs is 1. The predicted molar refractivity (Wildman–Crippen MR) is 74.8 cm³/mol. The highest BCUT2D eigenvalue weighted by Gasteiger charge is 2.16. The van der Waals surface area contributed by atoms with Crippen LogP contribution in [0.1, 0.15) is 31.2 Å². The summed E-state index contributed by atoms with van der Waals surface area (Å²) in [5.41, 5.74) is 1.03. The summed E-state index contributed by atoms with van der Waals surface area (Å²) in [6, 6.07) is 5.79. The Hall–Kier alpha value is -1.91. The van der Waals surface area contributed by atoms with E-state index in [4.69, 9.17) is 9.47 Å². The maximum Gasteiger partial charge on any atom is 0.317 e. The fourth-order valence-electron chi connectivity index (χ4n) is 2.61. The third-order valence-corrected chi connectivity index (χ3v) is 3.77. The largest absolute Gasteiger partial charge is 0.454 e. The normalized spacial score (nSPS) is 17.7. The molecule has 3 rings (SSSR count). The van der Waals surface area contributed by atoms with Gasteiger partial charge in [-0.1, -0.05) is 18.9 Å². The molecule has 1 aromatic rings. The van der Waals surface area contributed by atoms with E-state index < -0.39 is 0 Å². The van der Waals surface area contributed by atoms with Crippen LogP contribution in [0.3, 0.4) is 0 Å². The van der Waals surface area contributed by atoms with Crippen LogP contribution in [0.4, 0.5) is 4.79 Å². The van der Waals surface area contributed by atoms with Crippen molar-refractivity contribution in [3.63, 3.8) is 0 Å². The molecule has 2 aliphatic rings. The second-order valence-electron chi connectivity index (χ2n) is 5.25. The summed E-state index contributed by atoms with van der Waals surface area (Å²) in [5.74, 6) is 1.53. The zero-order chi connectivity index (χ0) is 13.8. The van der Waals surface area contributed by atoms with Gasteiger partial charge in [-0.2, -0.15) is 0 Å². The van der Waals surface area contributed by atoms with Crippen molar-refractivity contribution in [3.8, 4) is 11.5 Å². The Morgan fingerprint density at radius 3 is 2.65 bits per heavy atom. The number of nitrogens with one attached hydrogen (secondary N) is 1. The average Bonchev–Trinajstić information content (AvgIpc) is 2.76. The summed E-state index contributed by atoms with van der Waals surface area (Å²) in [6.45, 7) is 2.53. The molecule has 2 heterocycles. The number of hydrogen-bond donors (Lipinski definition) is 1. The quantitative estimate of drug-likeness (QED) is 0.903. The molecular weight excluding hydrogens is 256 g/mol. The summed E-state index contributed by atoms with van der Waals surface area (Å²) in [4.78, 5) is 14.0. The summed E-state index contributed by atoms with van der Waals surface area (Å²) < 4.78 is 10.6. The number of urea groups is 1. The Labute approximate surface area is 118 Å². The second kappa shape index (κ2) is 6.03. The molecule has 0 aromatic heterocycles. The van der Waals surface area contributed by atoms with E-state index in [9.17, 15) is 4.79 Å². The van der Waals surface area contributed by atoms with Gasteiger partial charge in [0.05, 0.1) is 0 Å². The lowest BCUT2D eigenvalue weighted by atomic mass is 10.2. The minimum atomic E-state index is 0.0320. The Bertz CT molecular complexity index is 482. The molecule has 0 spiro atoms. The van der Waals surface area contributed by atoms with Gasteiger partial charge in [0.1, 0.15) is 0 Å². The lowest BCUT2D eigenvalue weighted by Gasteiger charge is -2.20. The molecule has 1 aromatic carbocycles. The molecule has 1 N–H and O–H groups in total. The molecule has 108 valence electrons. The molecule has 0 aliphatic carbocycles. The molecule has 5 nitrogen and oxygen atoms in total. The van der Waals surface area contributed by atoms with Gasteiger partial charge in [-0.15, -0.1) is 0 Å². The number of carbonyl (C=O) groups is 1. The number of nitrogens with zero attached hydrogens (tertiary/aromatic N) is 1. The van der Waals surface area contributed by atoms with E-state index >= 15 is 0 Å². The number of amides is 2. The SMILES string of the molecule is O=C(NCc1ccc2c(c1)OCO2)N1CCCCCC1. The first-order valence-electron chi connectivity index (χ1n) is 7.24. The fourth-order valence-corrected chi connectivity index (χ4v) is 2.61. The molecule has 5 heteroatoms. The van der Waals surface area contributed by atoms with Gasteiger partial charge in [-0.05, 0) is 30.5 Å². The van der Waals surface area contributed by atoms with Crippen molar-refractivity contribution in [3.05, 3.63) is 23.8 Å². The summed E-state index contributed by atoms with van der Waals surface area (Å²) in [6.07, 6.45) is 4.67. The Morgan fingerprint density at radius 2 is 1.85 bits per heavy atom. The van der Waals surface area contributed by atoms with E-state index in [2.05, 4.69) is 5.32 Å². The molecule has 1 fully saturated rings. The standard InChI is InChI=1S/C15H20N2O3/c18-15(17-7-3-1-2-4-8-17)16-10-12-5-6-13-14(9-12)20-11-19-13/h5-6,9H,1-4,7-8,10-11H2,(H,16,18). The first kappa shape index (κ1) is 13.1. The Morgan fingerprint density at radius 1 is 1.10 bits per heavy atom. The van der Waals surface area contributed by atoms with Crippen LogP contribution in [-0.4, -0.2) is 30.8 Å². The highest BCUT2D eigenvalue weighted by Crippen LogP contribution is 2.32. The summed E-state index contributed by atoms with van der Waals surface area (Å²) >= 11 is 0. The molecule has 2 aliphatic heterocycles. The number of rotatable bonds is 2. The minimum absolute atomic E-state index is 0.0320. The van der Waals surface area contributed by atoms with Crippen LogP contribution in [0.25, 0.3) is 0 Å². The molecule has 0 unspecified atom stereocenters. The zero-order valence-electron chi connectivity index (χ0n) is 11.6. The molecule has 0 radical (unpaired) electrons. The van der Waals surface area contributed by atoms with Crippen LogP contribution in [-0.2, 0) is 6.54 Å². The van der Waals surface area contributed by atoms with Crippen LogP contribution in [0.5, 0.6) is 11.5 Å². The van der Waals surface area contributed by atoms with Gasteiger partial charge in [0, 0.05) is 19.6 Å². The van der Waals surface area contributed by atoms with E-state index in [1.54, 1.807) is 0 Å². The van der Waals surface area contributed by atoms with Gasteiger partial charge in [-0.25, -0.2) is 4.79 Å². The first-order valence-corrected chi connectivity index (χ1v) is 7.24. The van der Waals surface area contributed by atoms with Crippen molar-refractivity contribution >= 4 is 6.03 Å². The van der Waals surface area contributed by atoms with Crippen molar-refractivity contribution < 1.29 is 14.3 Å². The van der Waals surface area contributed by atoms with E-state index in [0.717, 1.165) is 43.0 Å². The van der Waals surface area contributed by atoms with E-state index in [1.807, 2.05) is 23.1 Å². The Balaban J connectivity index is 1.54. The van der Waals surface area contributed by atoms with Crippen LogP contribution in [0.2, 0.25) is 0 Å². The highest BCUT2D eigenvalue weighted by atomic mass is 16.7. The van der Waals surface area contributed by atoms with Gasteiger partial charge in [-0.3, -0.25) is 0 Å². The van der Waals surface area contributed by atoms with Gasteiger partial charge in [0.2, 0.25) is 6.79 Å². The molecular formula is C15H20N2O3. The second-order valence-corrected chi connectivity index (χ2v) is 5.25. The van der Waals surface area contributed by atoms with E-state index in [0.29, 0.717) is 6.54 Å². The monoisotopic (exact) mass is 276 g/mol. The zero-order valence-corrected chi connectivity index (χ0v) is 11.6. The van der Waals surface area contributed by atoms with Crippen LogP contribution in [0.15, 0.2) is 18.2 Å². The lowest BCUT2D eigenvalue weighted by Crippen LogP contribution is -2.40. The van der Waals surface area contributed by atoms with Crippen LogP contribution >= 0.6 is 0 Å². The molecule has 0 saturated carbocycles. The van der Waals surface area contributed by atoms with Crippen molar-refractivity contribution in [2.75, 3.05) is 19.9 Å². The lowest BCUT2D eigenvalue weighted by molar-refractivity contribution is 0.174. The van der Waals surface area contributed by atoms with Crippen molar-refractivity contribution in [2.24, 2.45) is 0 Å². The topological polar surface area (TPSA) is 50.8 Å². The summed E-state index contributed by atoms with van der Waals surface area (Å²) in [5, 5.41) is 2.98. The summed E-state index contributed by atoms with van der Waals surface area (Å²) in [7, 11) is 0. The number of likely N-dealkylation sites (tertiary alicyclic amines) is 1. The van der Waals surface area contributed by atoms with Crippen LogP contribution < -0.4 is 14.8 Å². The number of carbonyl (C=O) groups excluding carboxylic acids is 1. The fraction of sp³-hybridized carbons (Fsp3) is 0.533. The molecule has 2 amide bonds. The van der Waals surface area contributed by atoms with Crippen molar-refractivity contribution in [1.29, 1.82) is 0 Å². The first-order chi connectivity index (χ1) is 9.83. The van der Waals surface area contributed by atoms with E-state index in [1.165, 1.54) is 12.8 Å².